The van der Waals surface area contributed by atoms with Crippen LogP contribution in [0.4, 0.5) is 0 Å². The second-order valence-electron chi connectivity index (χ2n) is 8.58. The standard InChI is InChI=1S/C23H34N4O/c1-25-15-20(14-24-25)17-26(10-11-28-2)16-19-6-5-9-27(18-19)23-12-21-7-3-4-8-22(21)13-23/h3-4,7-8,14-15,19,23H,5-6,9-13,16-18H2,1-2H3. The van der Waals surface area contributed by atoms with Gasteiger partial charge in [-0.3, -0.25) is 14.5 Å². The van der Waals surface area contributed by atoms with Crippen molar-refractivity contribution in [2.45, 2.75) is 38.3 Å². The number of aryl methyl sites for hydroxylation is 1. The molecule has 2 heterocycles. The number of piperidine rings is 1. The molecular formula is C23H34N4O. The molecule has 152 valence electrons. The molecule has 1 unspecified atom stereocenters. The van der Waals surface area contributed by atoms with Crippen molar-refractivity contribution >= 4 is 0 Å². The monoisotopic (exact) mass is 382 g/mol. The van der Waals surface area contributed by atoms with Crippen LogP contribution in [-0.4, -0.2) is 65.5 Å². The molecule has 1 aromatic heterocycles. The van der Waals surface area contributed by atoms with E-state index >= 15 is 0 Å². The Bertz CT molecular complexity index is 734. The van der Waals surface area contributed by atoms with Crippen LogP contribution in [0, 0.1) is 5.92 Å². The molecule has 1 fully saturated rings. The molecule has 1 aliphatic carbocycles. The number of fused-ring (bicyclic) bond motifs is 1. The molecule has 1 atom stereocenters. The number of methoxy groups -OCH3 is 1. The number of benzene rings is 1. The summed E-state index contributed by atoms with van der Waals surface area (Å²) in [7, 11) is 3.78. The van der Waals surface area contributed by atoms with E-state index in [0.717, 1.165) is 32.2 Å². The molecule has 1 aromatic carbocycles. The second-order valence-corrected chi connectivity index (χ2v) is 8.58. The lowest BCUT2D eigenvalue weighted by Gasteiger charge is -2.38. The minimum atomic E-state index is 0.700. The van der Waals surface area contributed by atoms with Gasteiger partial charge in [-0.25, -0.2) is 0 Å². The summed E-state index contributed by atoms with van der Waals surface area (Å²) in [5.74, 6) is 0.742. The van der Waals surface area contributed by atoms with Gasteiger partial charge in [0, 0.05) is 58.1 Å². The molecule has 28 heavy (non-hydrogen) atoms. The van der Waals surface area contributed by atoms with Gasteiger partial charge in [0.25, 0.3) is 0 Å². The SMILES string of the molecule is COCCN(Cc1cnn(C)c1)CC1CCCN(C2Cc3ccccc3C2)C1. The van der Waals surface area contributed by atoms with Gasteiger partial charge in [0.1, 0.15) is 0 Å². The lowest BCUT2D eigenvalue weighted by Crippen LogP contribution is -2.46. The van der Waals surface area contributed by atoms with E-state index in [0.29, 0.717) is 6.04 Å². The molecule has 0 radical (unpaired) electrons. The fraction of sp³-hybridized carbons (Fsp3) is 0.609. The number of rotatable bonds is 8. The van der Waals surface area contributed by atoms with Crippen LogP contribution in [0.15, 0.2) is 36.7 Å². The Kier molecular flexibility index (Phi) is 6.45. The van der Waals surface area contributed by atoms with E-state index in [1.165, 1.54) is 44.3 Å². The van der Waals surface area contributed by atoms with Crippen LogP contribution in [0.3, 0.4) is 0 Å². The van der Waals surface area contributed by atoms with Gasteiger partial charge in [0.15, 0.2) is 0 Å². The van der Waals surface area contributed by atoms with E-state index in [9.17, 15) is 0 Å². The van der Waals surface area contributed by atoms with E-state index in [1.807, 2.05) is 17.9 Å². The van der Waals surface area contributed by atoms with Crippen molar-refractivity contribution < 1.29 is 4.74 Å². The van der Waals surface area contributed by atoms with Crippen LogP contribution in [0.2, 0.25) is 0 Å². The Hall–Kier alpha value is -1.69. The second kappa shape index (κ2) is 9.21. The van der Waals surface area contributed by atoms with Gasteiger partial charge in [-0.1, -0.05) is 24.3 Å². The first-order valence-electron chi connectivity index (χ1n) is 10.7. The van der Waals surface area contributed by atoms with Crippen LogP contribution in [0.25, 0.3) is 0 Å². The van der Waals surface area contributed by atoms with Crippen LogP contribution in [0.5, 0.6) is 0 Å². The third-order valence-corrected chi connectivity index (χ3v) is 6.39. The average molecular weight is 383 g/mol. The zero-order valence-electron chi connectivity index (χ0n) is 17.4. The first kappa shape index (κ1) is 19.6. The highest BCUT2D eigenvalue weighted by Crippen LogP contribution is 2.29. The lowest BCUT2D eigenvalue weighted by molar-refractivity contribution is 0.0843. The maximum absolute atomic E-state index is 5.37. The average Bonchev–Trinajstić information content (AvgIpc) is 3.32. The van der Waals surface area contributed by atoms with Crippen LogP contribution in [0.1, 0.15) is 29.5 Å². The Balaban J connectivity index is 1.34. The smallest absolute Gasteiger partial charge is 0.0589 e. The molecule has 0 spiro atoms. The number of hydrogen-bond acceptors (Lipinski definition) is 4. The maximum atomic E-state index is 5.37. The van der Waals surface area contributed by atoms with Gasteiger partial charge < -0.3 is 4.74 Å². The molecule has 5 heteroatoms. The van der Waals surface area contributed by atoms with Crippen molar-refractivity contribution in [1.82, 2.24) is 19.6 Å². The summed E-state index contributed by atoms with van der Waals surface area (Å²) >= 11 is 0. The van der Waals surface area contributed by atoms with Crippen LogP contribution in [-0.2, 0) is 31.2 Å². The molecule has 5 nitrogen and oxygen atoms in total. The lowest BCUT2D eigenvalue weighted by atomic mass is 9.95. The fourth-order valence-electron chi connectivity index (χ4n) is 5.00. The first-order chi connectivity index (χ1) is 13.7. The summed E-state index contributed by atoms with van der Waals surface area (Å²) in [6, 6.07) is 9.71. The molecule has 0 N–H and O–H groups in total. The summed E-state index contributed by atoms with van der Waals surface area (Å²) in [5, 5.41) is 4.33. The predicted octanol–water partition coefficient (Wildman–Crippen LogP) is 2.75. The van der Waals surface area contributed by atoms with Gasteiger partial charge >= 0.3 is 0 Å². The van der Waals surface area contributed by atoms with Crippen molar-refractivity contribution in [1.29, 1.82) is 0 Å². The van der Waals surface area contributed by atoms with E-state index in [2.05, 4.69) is 45.4 Å². The topological polar surface area (TPSA) is 33.5 Å². The highest BCUT2D eigenvalue weighted by molar-refractivity contribution is 5.33. The number of hydrogen-bond donors (Lipinski definition) is 0. The van der Waals surface area contributed by atoms with E-state index in [-0.39, 0.29) is 0 Å². The van der Waals surface area contributed by atoms with E-state index in [4.69, 9.17) is 4.74 Å². The molecule has 2 aromatic rings. The highest BCUT2D eigenvalue weighted by atomic mass is 16.5. The molecule has 1 aliphatic heterocycles. The molecule has 4 rings (SSSR count). The Morgan fingerprint density at radius 3 is 2.68 bits per heavy atom. The number of aromatic nitrogens is 2. The van der Waals surface area contributed by atoms with Crippen molar-refractivity contribution in [2.24, 2.45) is 13.0 Å². The Morgan fingerprint density at radius 1 is 1.21 bits per heavy atom. The van der Waals surface area contributed by atoms with Crippen molar-refractivity contribution in [3.05, 3.63) is 53.3 Å². The van der Waals surface area contributed by atoms with Crippen molar-refractivity contribution in [2.75, 3.05) is 39.9 Å². The molecule has 2 aliphatic rings. The first-order valence-corrected chi connectivity index (χ1v) is 10.7. The van der Waals surface area contributed by atoms with Gasteiger partial charge in [0.05, 0.1) is 12.8 Å². The van der Waals surface area contributed by atoms with Gasteiger partial charge in [0.2, 0.25) is 0 Å². The number of nitrogens with zero attached hydrogens (tertiary/aromatic N) is 4. The summed E-state index contributed by atoms with van der Waals surface area (Å²) < 4.78 is 7.26. The molecular weight excluding hydrogens is 348 g/mol. The largest absolute Gasteiger partial charge is 0.383 e. The van der Waals surface area contributed by atoms with Crippen LogP contribution < -0.4 is 0 Å². The Morgan fingerprint density at radius 2 is 2.00 bits per heavy atom. The quantitative estimate of drug-likeness (QED) is 0.703. The molecule has 0 saturated carbocycles. The zero-order chi connectivity index (χ0) is 19.3. The summed E-state index contributed by atoms with van der Waals surface area (Å²) in [5.41, 5.74) is 4.42. The number of ether oxygens (including phenoxy) is 1. The summed E-state index contributed by atoms with van der Waals surface area (Å²) in [6.45, 7) is 6.37. The zero-order valence-corrected chi connectivity index (χ0v) is 17.4. The summed E-state index contributed by atoms with van der Waals surface area (Å²) in [4.78, 5) is 5.32. The minimum absolute atomic E-state index is 0.700. The maximum Gasteiger partial charge on any atom is 0.0589 e. The minimum Gasteiger partial charge on any atom is -0.383 e. The molecule has 0 amide bonds. The van der Waals surface area contributed by atoms with E-state index < -0.39 is 0 Å². The third-order valence-electron chi connectivity index (χ3n) is 6.39. The van der Waals surface area contributed by atoms with Crippen molar-refractivity contribution in [3.8, 4) is 0 Å². The fourth-order valence-corrected chi connectivity index (χ4v) is 5.00. The van der Waals surface area contributed by atoms with Gasteiger partial charge in [-0.2, -0.15) is 5.10 Å². The Labute approximate surface area is 169 Å². The van der Waals surface area contributed by atoms with Gasteiger partial charge in [-0.15, -0.1) is 0 Å². The highest BCUT2D eigenvalue weighted by Gasteiger charge is 2.31. The number of likely N-dealkylation sites (tertiary alicyclic amines) is 1. The van der Waals surface area contributed by atoms with Crippen molar-refractivity contribution in [3.63, 3.8) is 0 Å². The predicted molar refractivity (Wildman–Crippen MR) is 112 cm³/mol. The van der Waals surface area contributed by atoms with E-state index in [1.54, 1.807) is 18.2 Å². The normalized spacial score (nSPS) is 20.8. The van der Waals surface area contributed by atoms with Gasteiger partial charge in [-0.05, 0) is 49.3 Å². The third kappa shape index (κ3) is 4.83. The molecule has 1 saturated heterocycles. The molecule has 0 bridgehead atoms. The summed E-state index contributed by atoms with van der Waals surface area (Å²) in [6.07, 6.45) is 9.23. The van der Waals surface area contributed by atoms with Crippen LogP contribution >= 0.6 is 0 Å².